The first-order valence-corrected chi connectivity index (χ1v) is 7.69. The first kappa shape index (κ1) is 13.6. The van der Waals surface area contributed by atoms with E-state index >= 15 is 0 Å². The smallest absolute Gasteiger partial charge is 0.227 e. The topological polar surface area (TPSA) is 96.7 Å². The maximum absolute atomic E-state index is 4.60. The Hall–Kier alpha value is -3.81. The van der Waals surface area contributed by atoms with E-state index in [4.69, 9.17) is 0 Å². The van der Waals surface area contributed by atoms with Gasteiger partial charge in [-0.05, 0) is 36.4 Å². The zero-order valence-corrected chi connectivity index (χ0v) is 13.0. The first-order valence-electron chi connectivity index (χ1n) is 7.69. The van der Waals surface area contributed by atoms with Crippen LogP contribution in [0.1, 0.15) is 0 Å². The van der Waals surface area contributed by atoms with Crippen molar-refractivity contribution in [2.45, 2.75) is 0 Å². The highest BCUT2D eigenvalue weighted by atomic mass is 15.4. The summed E-state index contributed by atoms with van der Waals surface area (Å²) < 4.78 is 1.58. The quantitative estimate of drug-likeness (QED) is 0.528. The van der Waals surface area contributed by atoms with E-state index in [-0.39, 0.29) is 0 Å². The lowest BCUT2D eigenvalue weighted by Crippen LogP contribution is -1.98. The van der Waals surface area contributed by atoms with E-state index in [1.807, 2.05) is 36.4 Å². The first-order chi connectivity index (χ1) is 12.4. The molecule has 0 unspecified atom stereocenters. The van der Waals surface area contributed by atoms with Crippen LogP contribution >= 0.6 is 0 Å². The number of imidazole rings is 1. The van der Waals surface area contributed by atoms with Gasteiger partial charge < -0.3 is 10.3 Å². The molecule has 5 aromatic rings. The zero-order chi connectivity index (χ0) is 16.6. The Morgan fingerprint density at radius 1 is 1.00 bits per heavy atom. The Kier molecular flexibility index (Phi) is 2.93. The van der Waals surface area contributed by atoms with Gasteiger partial charge >= 0.3 is 0 Å². The number of hydrogen-bond acceptors (Lipinski definition) is 6. The molecule has 4 heterocycles. The fourth-order valence-electron chi connectivity index (χ4n) is 2.74. The molecular weight excluding hydrogens is 316 g/mol. The number of benzene rings is 1. The molecule has 8 nitrogen and oxygen atoms in total. The van der Waals surface area contributed by atoms with E-state index in [0.29, 0.717) is 5.95 Å². The molecule has 0 saturated heterocycles. The standard InChI is InChI=1S/C17H12N8/c1-2-16-12(9-22-25(16)21-6-1)13-5-7-18-17(24-13)23-11-3-4-14-15(8-11)20-10-19-14/h1-10H,(H,19,20)(H,18,23,24). The average Bonchev–Trinajstić information content (AvgIpc) is 3.28. The summed E-state index contributed by atoms with van der Waals surface area (Å²) in [6.45, 7) is 0. The third-order valence-electron chi connectivity index (χ3n) is 3.91. The summed E-state index contributed by atoms with van der Waals surface area (Å²) in [7, 11) is 0. The molecule has 0 spiro atoms. The Balaban J connectivity index is 1.52. The lowest BCUT2D eigenvalue weighted by atomic mass is 10.2. The fourth-order valence-corrected chi connectivity index (χ4v) is 2.74. The Bertz CT molecular complexity index is 1190. The van der Waals surface area contributed by atoms with Crippen LogP contribution in [0.15, 0.2) is 61.3 Å². The van der Waals surface area contributed by atoms with Crippen molar-refractivity contribution < 1.29 is 0 Å². The Morgan fingerprint density at radius 2 is 2.00 bits per heavy atom. The van der Waals surface area contributed by atoms with Gasteiger partial charge in [-0.2, -0.15) is 14.8 Å². The molecule has 120 valence electrons. The molecule has 0 atom stereocenters. The number of nitrogens with one attached hydrogen (secondary N) is 2. The van der Waals surface area contributed by atoms with Crippen molar-refractivity contribution in [3.63, 3.8) is 0 Å². The highest BCUT2D eigenvalue weighted by Crippen LogP contribution is 2.24. The Morgan fingerprint density at radius 3 is 3.00 bits per heavy atom. The van der Waals surface area contributed by atoms with E-state index in [1.54, 1.807) is 29.5 Å². The number of fused-ring (bicyclic) bond motifs is 2. The molecule has 25 heavy (non-hydrogen) atoms. The van der Waals surface area contributed by atoms with Crippen LogP contribution in [0.5, 0.6) is 0 Å². The summed E-state index contributed by atoms with van der Waals surface area (Å²) in [5.41, 5.74) is 5.33. The van der Waals surface area contributed by atoms with Crippen molar-refractivity contribution in [3.8, 4) is 11.3 Å². The minimum Gasteiger partial charge on any atom is -0.345 e. The summed E-state index contributed by atoms with van der Waals surface area (Å²) in [6, 6.07) is 11.5. The van der Waals surface area contributed by atoms with E-state index in [0.717, 1.165) is 33.5 Å². The Labute approximate surface area is 141 Å². The van der Waals surface area contributed by atoms with Crippen molar-refractivity contribution >= 4 is 28.2 Å². The molecule has 0 amide bonds. The lowest BCUT2D eigenvalue weighted by Gasteiger charge is -2.06. The van der Waals surface area contributed by atoms with Crippen LogP contribution in [-0.2, 0) is 0 Å². The maximum atomic E-state index is 4.60. The molecule has 5 rings (SSSR count). The van der Waals surface area contributed by atoms with Gasteiger partial charge in [0.05, 0.1) is 34.8 Å². The summed E-state index contributed by atoms with van der Waals surface area (Å²) in [5, 5.41) is 11.7. The summed E-state index contributed by atoms with van der Waals surface area (Å²) in [4.78, 5) is 16.2. The fraction of sp³-hybridized carbons (Fsp3) is 0. The minimum absolute atomic E-state index is 0.514. The molecule has 0 aliphatic rings. The number of aromatic nitrogens is 7. The zero-order valence-electron chi connectivity index (χ0n) is 13.0. The third kappa shape index (κ3) is 2.36. The molecule has 0 aliphatic heterocycles. The van der Waals surface area contributed by atoms with Gasteiger partial charge in [0.2, 0.25) is 5.95 Å². The molecule has 0 saturated carbocycles. The van der Waals surface area contributed by atoms with Gasteiger partial charge in [0.25, 0.3) is 0 Å². The van der Waals surface area contributed by atoms with Crippen LogP contribution in [0.2, 0.25) is 0 Å². The molecular formula is C17H12N8. The van der Waals surface area contributed by atoms with E-state index < -0.39 is 0 Å². The van der Waals surface area contributed by atoms with Crippen molar-refractivity contribution in [1.29, 1.82) is 0 Å². The minimum atomic E-state index is 0.514. The second-order valence-corrected chi connectivity index (χ2v) is 5.48. The molecule has 8 heteroatoms. The van der Waals surface area contributed by atoms with Crippen molar-refractivity contribution in [2.75, 3.05) is 5.32 Å². The van der Waals surface area contributed by atoms with Crippen molar-refractivity contribution in [3.05, 3.63) is 61.3 Å². The monoisotopic (exact) mass is 328 g/mol. The predicted octanol–water partition coefficient (Wildman–Crippen LogP) is 2.81. The number of anilines is 2. The highest BCUT2D eigenvalue weighted by Gasteiger charge is 2.09. The number of H-pyrrole nitrogens is 1. The molecule has 4 aromatic heterocycles. The molecule has 1 aromatic carbocycles. The lowest BCUT2D eigenvalue weighted by molar-refractivity contribution is 0.800. The predicted molar refractivity (Wildman–Crippen MR) is 93.4 cm³/mol. The van der Waals surface area contributed by atoms with Crippen LogP contribution in [0.3, 0.4) is 0 Å². The normalized spacial score (nSPS) is 11.2. The summed E-state index contributed by atoms with van der Waals surface area (Å²) in [6.07, 6.45) is 6.84. The number of rotatable bonds is 3. The third-order valence-corrected chi connectivity index (χ3v) is 3.91. The van der Waals surface area contributed by atoms with Crippen molar-refractivity contribution in [1.82, 2.24) is 34.8 Å². The molecule has 0 aliphatic carbocycles. The van der Waals surface area contributed by atoms with Crippen LogP contribution < -0.4 is 5.32 Å². The number of hydrogen-bond donors (Lipinski definition) is 2. The second kappa shape index (κ2) is 5.38. The van der Waals surface area contributed by atoms with Gasteiger partial charge in [-0.1, -0.05) is 0 Å². The van der Waals surface area contributed by atoms with Gasteiger partial charge in [0, 0.05) is 23.6 Å². The van der Waals surface area contributed by atoms with Crippen LogP contribution in [-0.4, -0.2) is 34.8 Å². The van der Waals surface area contributed by atoms with Gasteiger partial charge in [0.15, 0.2) is 0 Å². The largest absolute Gasteiger partial charge is 0.345 e. The van der Waals surface area contributed by atoms with E-state index in [9.17, 15) is 0 Å². The molecule has 0 fully saturated rings. The maximum Gasteiger partial charge on any atom is 0.227 e. The average molecular weight is 328 g/mol. The number of aromatic amines is 1. The second-order valence-electron chi connectivity index (χ2n) is 5.48. The molecule has 0 bridgehead atoms. The van der Waals surface area contributed by atoms with Gasteiger partial charge in [-0.15, -0.1) is 0 Å². The van der Waals surface area contributed by atoms with E-state index in [1.165, 1.54) is 0 Å². The summed E-state index contributed by atoms with van der Waals surface area (Å²) in [5.74, 6) is 0.514. The van der Waals surface area contributed by atoms with Gasteiger partial charge in [-0.3, -0.25) is 0 Å². The van der Waals surface area contributed by atoms with E-state index in [2.05, 4.69) is 35.5 Å². The van der Waals surface area contributed by atoms with Crippen LogP contribution in [0.4, 0.5) is 11.6 Å². The van der Waals surface area contributed by atoms with Gasteiger partial charge in [0.1, 0.15) is 0 Å². The van der Waals surface area contributed by atoms with Crippen molar-refractivity contribution in [2.24, 2.45) is 0 Å². The highest BCUT2D eigenvalue weighted by molar-refractivity contribution is 5.80. The van der Waals surface area contributed by atoms with Gasteiger partial charge in [-0.25, -0.2) is 15.0 Å². The molecule has 2 N–H and O–H groups in total. The SMILES string of the molecule is c1cnn2ncc(-c3ccnc(Nc4ccc5nc[nH]c5c4)n3)c2c1. The van der Waals surface area contributed by atoms with Crippen LogP contribution in [0, 0.1) is 0 Å². The summed E-state index contributed by atoms with van der Waals surface area (Å²) >= 11 is 0. The molecule has 0 radical (unpaired) electrons. The van der Waals surface area contributed by atoms with Crippen LogP contribution in [0.25, 0.3) is 27.8 Å². The number of nitrogens with zero attached hydrogens (tertiary/aromatic N) is 6.